The first-order chi connectivity index (χ1) is 12.9. The third-order valence-electron chi connectivity index (χ3n) is 4.87. The van der Waals surface area contributed by atoms with Gasteiger partial charge in [-0.1, -0.05) is 54.9 Å². The predicted octanol–water partition coefficient (Wildman–Crippen LogP) is 3.37. The molecule has 1 saturated heterocycles. The summed E-state index contributed by atoms with van der Waals surface area (Å²) in [5, 5.41) is 0.389. The van der Waals surface area contributed by atoms with Crippen molar-refractivity contribution in [3.8, 4) is 0 Å². The number of nitrogens with zero attached hydrogens (tertiary/aromatic N) is 2. The summed E-state index contributed by atoms with van der Waals surface area (Å²) in [6.45, 7) is 3.42. The van der Waals surface area contributed by atoms with Gasteiger partial charge in [0.25, 0.3) is 0 Å². The van der Waals surface area contributed by atoms with Crippen molar-refractivity contribution in [2.24, 2.45) is 0 Å². The van der Waals surface area contributed by atoms with Crippen LogP contribution in [0.2, 0.25) is 5.02 Å². The molecule has 1 amide bonds. The Morgan fingerprint density at radius 1 is 1.04 bits per heavy atom. The molecule has 27 heavy (non-hydrogen) atoms. The molecule has 1 aliphatic heterocycles. The number of carbonyl (C=O) groups excluding carboxylic acids is 1. The molecule has 1 heterocycles. The Kier molecular flexibility index (Phi) is 6.19. The maximum atomic E-state index is 12.7. The van der Waals surface area contributed by atoms with Crippen LogP contribution in [0.15, 0.2) is 59.5 Å². The van der Waals surface area contributed by atoms with Gasteiger partial charge >= 0.3 is 0 Å². The van der Waals surface area contributed by atoms with Gasteiger partial charge in [-0.05, 0) is 29.7 Å². The van der Waals surface area contributed by atoms with Crippen molar-refractivity contribution in [2.75, 3.05) is 26.2 Å². The fourth-order valence-corrected chi connectivity index (χ4v) is 4.97. The van der Waals surface area contributed by atoms with Crippen LogP contribution in [0.4, 0.5) is 0 Å². The van der Waals surface area contributed by atoms with Gasteiger partial charge in [0.1, 0.15) is 0 Å². The standard InChI is InChI=1S/C20H23ClN2O3S/c1-16(17-6-3-2-4-7-17)14-20(24)22-10-12-23(13-11-22)27(25,26)19-9-5-8-18(21)15-19/h2-9,15-16H,10-14H2,1H3. The monoisotopic (exact) mass is 406 g/mol. The van der Waals surface area contributed by atoms with E-state index in [2.05, 4.69) is 0 Å². The minimum Gasteiger partial charge on any atom is -0.340 e. The van der Waals surface area contributed by atoms with E-state index in [9.17, 15) is 13.2 Å². The second kappa shape index (κ2) is 8.42. The van der Waals surface area contributed by atoms with E-state index in [1.807, 2.05) is 37.3 Å². The van der Waals surface area contributed by atoms with E-state index in [-0.39, 0.29) is 16.7 Å². The van der Waals surface area contributed by atoms with Crippen molar-refractivity contribution >= 4 is 27.5 Å². The summed E-state index contributed by atoms with van der Waals surface area (Å²) in [5.41, 5.74) is 1.13. The summed E-state index contributed by atoms with van der Waals surface area (Å²) in [5.74, 6) is 0.193. The van der Waals surface area contributed by atoms with E-state index >= 15 is 0 Å². The van der Waals surface area contributed by atoms with Crippen molar-refractivity contribution in [3.63, 3.8) is 0 Å². The van der Waals surface area contributed by atoms with Crippen molar-refractivity contribution < 1.29 is 13.2 Å². The first kappa shape index (κ1) is 19.9. The average Bonchev–Trinajstić information content (AvgIpc) is 2.68. The molecule has 0 saturated carbocycles. The van der Waals surface area contributed by atoms with Crippen LogP contribution in [0.25, 0.3) is 0 Å². The van der Waals surface area contributed by atoms with E-state index in [0.717, 1.165) is 5.56 Å². The molecule has 0 N–H and O–H groups in total. The third-order valence-corrected chi connectivity index (χ3v) is 7.00. The Labute approximate surface area is 165 Å². The van der Waals surface area contributed by atoms with Crippen LogP contribution in [0, 0.1) is 0 Å². The number of benzene rings is 2. The molecule has 144 valence electrons. The summed E-state index contributed by atoms with van der Waals surface area (Å²) in [6.07, 6.45) is 0.422. The highest BCUT2D eigenvalue weighted by atomic mass is 35.5. The molecule has 0 radical (unpaired) electrons. The molecule has 5 nitrogen and oxygen atoms in total. The van der Waals surface area contributed by atoms with Crippen molar-refractivity contribution in [3.05, 3.63) is 65.2 Å². The number of halogens is 1. The molecular formula is C20H23ClN2O3S. The Balaban J connectivity index is 1.59. The van der Waals surface area contributed by atoms with Crippen LogP contribution in [-0.2, 0) is 14.8 Å². The Bertz CT molecular complexity index is 894. The molecule has 2 aromatic carbocycles. The number of rotatable bonds is 5. The molecule has 1 unspecified atom stereocenters. The highest BCUT2D eigenvalue weighted by molar-refractivity contribution is 7.89. The van der Waals surface area contributed by atoms with Gasteiger partial charge in [-0.3, -0.25) is 4.79 Å². The molecule has 0 bridgehead atoms. The molecule has 3 rings (SSSR count). The Hall–Kier alpha value is -1.89. The SMILES string of the molecule is CC(CC(=O)N1CCN(S(=O)(=O)c2cccc(Cl)c2)CC1)c1ccccc1. The number of sulfonamides is 1. The number of hydrogen-bond donors (Lipinski definition) is 0. The summed E-state index contributed by atoms with van der Waals surface area (Å²) in [7, 11) is -3.59. The zero-order valence-electron chi connectivity index (χ0n) is 15.2. The van der Waals surface area contributed by atoms with Crippen LogP contribution in [0.5, 0.6) is 0 Å². The van der Waals surface area contributed by atoms with Gasteiger partial charge in [0.05, 0.1) is 4.90 Å². The predicted molar refractivity (Wildman–Crippen MR) is 106 cm³/mol. The Morgan fingerprint density at radius 2 is 1.70 bits per heavy atom. The number of piperazine rings is 1. The smallest absolute Gasteiger partial charge is 0.243 e. The summed E-state index contributed by atoms with van der Waals surface area (Å²) >= 11 is 5.92. The molecule has 0 aromatic heterocycles. The summed E-state index contributed by atoms with van der Waals surface area (Å²) < 4.78 is 26.9. The molecule has 0 spiro atoms. The van der Waals surface area contributed by atoms with Crippen LogP contribution < -0.4 is 0 Å². The summed E-state index contributed by atoms with van der Waals surface area (Å²) in [4.78, 5) is 14.5. The largest absolute Gasteiger partial charge is 0.340 e. The summed E-state index contributed by atoms with van der Waals surface area (Å²) in [6, 6.07) is 16.2. The zero-order chi connectivity index (χ0) is 19.4. The number of amides is 1. The maximum absolute atomic E-state index is 12.7. The topological polar surface area (TPSA) is 57.7 Å². The van der Waals surface area contributed by atoms with Crippen LogP contribution in [-0.4, -0.2) is 49.7 Å². The van der Waals surface area contributed by atoms with E-state index < -0.39 is 10.0 Å². The molecular weight excluding hydrogens is 384 g/mol. The second-order valence-corrected chi connectivity index (χ2v) is 9.13. The van der Waals surface area contributed by atoms with Crippen LogP contribution >= 0.6 is 11.6 Å². The van der Waals surface area contributed by atoms with Crippen molar-refractivity contribution in [1.29, 1.82) is 0 Å². The quantitative estimate of drug-likeness (QED) is 0.764. The van der Waals surface area contributed by atoms with Gasteiger partial charge in [0.15, 0.2) is 0 Å². The Morgan fingerprint density at radius 3 is 2.33 bits per heavy atom. The third kappa shape index (κ3) is 4.69. The highest BCUT2D eigenvalue weighted by Crippen LogP contribution is 2.23. The van der Waals surface area contributed by atoms with Gasteiger partial charge in [-0.15, -0.1) is 0 Å². The molecule has 1 atom stereocenters. The van der Waals surface area contributed by atoms with E-state index in [1.54, 1.807) is 23.1 Å². The normalized spacial score (nSPS) is 16.9. The van der Waals surface area contributed by atoms with Gasteiger partial charge in [0, 0.05) is 37.6 Å². The molecule has 1 fully saturated rings. The van der Waals surface area contributed by atoms with Gasteiger partial charge in [0.2, 0.25) is 15.9 Å². The van der Waals surface area contributed by atoms with E-state index in [4.69, 9.17) is 11.6 Å². The van der Waals surface area contributed by atoms with E-state index in [1.165, 1.54) is 10.4 Å². The molecule has 2 aromatic rings. The van der Waals surface area contributed by atoms with Crippen LogP contribution in [0.3, 0.4) is 0 Å². The van der Waals surface area contributed by atoms with Crippen molar-refractivity contribution in [2.45, 2.75) is 24.2 Å². The molecule has 1 aliphatic rings. The molecule has 7 heteroatoms. The van der Waals surface area contributed by atoms with Gasteiger partial charge in [-0.2, -0.15) is 4.31 Å². The van der Waals surface area contributed by atoms with E-state index in [0.29, 0.717) is 37.6 Å². The zero-order valence-corrected chi connectivity index (χ0v) is 16.8. The average molecular weight is 407 g/mol. The molecule has 0 aliphatic carbocycles. The lowest BCUT2D eigenvalue weighted by atomic mass is 9.97. The lowest BCUT2D eigenvalue weighted by Gasteiger charge is -2.34. The first-order valence-corrected chi connectivity index (χ1v) is 10.8. The van der Waals surface area contributed by atoms with Gasteiger partial charge in [-0.25, -0.2) is 8.42 Å². The number of hydrogen-bond acceptors (Lipinski definition) is 3. The lowest BCUT2D eigenvalue weighted by Crippen LogP contribution is -2.50. The number of carbonyl (C=O) groups is 1. The second-order valence-electron chi connectivity index (χ2n) is 6.76. The maximum Gasteiger partial charge on any atom is 0.243 e. The minimum absolute atomic E-state index is 0.0613. The lowest BCUT2D eigenvalue weighted by molar-refractivity contribution is -0.132. The minimum atomic E-state index is -3.59. The highest BCUT2D eigenvalue weighted by Gasteiger charge is 2.30. The van der Waals surface area contributed by atoms with Crippen molar-refractivity contribution in [1.82, 2.24) is 9.21 Å². The fraction of sp³-hybridized carbons (Fsp3) is 0.350. The fourth-order valence-electron chi connectivity index (χ4n) is 3.24. The first-order valence-electron chi connectivity index (χ1n) is 8.96. The van der Waals surface area contributed by atoms with Gasteiger partial charge < -0.3 is 4.90 Å². The van der Waals surface area contributed by atoms with Crippen LogP contribution in [0.1, 0.15) is 24.8 Å².